The largest absolute Gasteiger partial charge is 0.464 e. The highest BCUT2D eigenvalue weighted by Crippen LogP contribution is 2.43. The number of para-hydroxylation sites is 1. The molecule has 2 aromatic rings. The lowest BCUT2D eigenvalue weighted by atomic mass is 9.86. The summed E-state index contributed by atoms with van der Waals surface area (Å²) < 4.78 is 5.66. The van der Waals surface area contributed by atoms with Crippen molar-refractivity contribution in [1.82, 2.24) is 9.88 Å². The maximum atomic E-state index is 10.2. The fourth-order valence-corrected chi connectivity index (χ4v) is 3.52. The Hall–Kier alpha value is -1.91. The molecule has 0 spiro atoms. The van der Waals surface area contributed by atoms with Crippen molar-refractivity contribution in [3.63, 3.8) is 0 Å². The van der Waals surface area contributed by atoms with E-state index in [2.05, 4.69) is 22.0 Å². The second-order valence-corrected chi connectivity index (χ2v) is 5.87. The molecule has 0 radical (unpaired) electrons. The maximum absolute atomic E-state index is 10.2. The number of nitrogens with zero attached hydrogens (tertiary/aromatic N) is 2. The van der Waals surface area contributed by atoms with Gasteiger partial charge in [0, 0.05) is 43.9 Å². The summed E-state index contributed by atoms with van der Waals surface area (Å²) in [4.78, 5) is 6.54. The van der Waals surface area contributed by atoms with Crippen molar-refractivity contribution in [2.75, 3.05) is 13.1 Å². The zero-order valence-corrected chi connectivity index (χ0v) is 11.7. The zero-order chi connectivity index (χ0) is 14.2. The molecule has 0 saturated carbocycles. The van der Waals surface area contributed by atoms with Crippen molar-refractivity contribution in [2.45, 2.75) is 18.8 Å². The maximum Gasteiger partial charge on any atom is 0.202 e. The second-order valence-electron chi connectivity index (χ2n) is 5.87. The molecule has 108 valence electrons. The third kappa shape index (κ3) is 2.30. The van der Waals surface area contributed by atoms with E-state index in [0.717, 1.165) is 25.4 Å². The van der Waals surface area contributed by atoms with Crippen LogP contribution in [-0.2, 0) is 6.54 Å². The smallest absolute Gasteiger partial charge is 0.202 e. The number of aliphatic hydroxyl groups is 1. The predicted octanol–water partition coefficient (Wildman–Crippen LogP) is 2.01. The zero-order valence-electron chi connectivity index (χ0n) is 11.7. The lowest BCUT2D eigenvalue weighted by Gasteiger charge is -2.31. The Labute approximate surface area is 124 Å². The topological polar surface area (TPSA) is 45.6 Å². The number of pyridine rings is 1. The number of fused-ring (bicyclic) bond motifs is 3. The first-order chi connectivity index (χ1) is 10.3. The van der Waals surface area contributed by atoms with Gasteiger partial charge in [-0.05, 0) is 23.3 Å². The molecular weight excluding hydrogens is 264 g/mol. The summed E-state index contributed by atoms with van der Waals surface area (Å²) in [6, 6.07) is 12.1. The first-order valence-electron chi connectivity index (χ1n) is 7.36. The Morgan fingerprint density at radius 1 is 1.19 bits per heavy atom. The van der Waals surface area contributed by atoms with Crippen LogP contribution in [0, 0.1) is 5.92 Å². The Balaban J connectivity index is 1.57. The molecule has 0 amide bonds. The van der Waals surface area contributed by atoms with Gasteiger partial charge in [-0.25, -0.2) is 0 Å². The van der Waals surface area contributed by atoms with Gasteiger partial charge in [0.05, 0.1) is 0 Å². The standard InChI is InChI=1S/C17H18N2O2/c20-17-15-11-19(9-12-4-3-7-18-8-12)10-14(15)13-5-1-2-6-16(13)21-17/h1-8,14-15,17,20H,9-11H2. The van der Waals surface area contributed by atoms with Crippen molar-refractivity contribution in [2.24, 2.45) is 5.92 Å². The van der Waals surface area contributed by atoms with E-state index in [9.17, 15) is 5.11 Å². The summed E-state index contributed by atoms with van der Waals surface area (Å²) in [6.07, 6.45) is 2.99. The number of likely N-dealkylation sites (tertiary alicyclic amines) is 1. The summed E-state index contributed by atoms with van der Waals surface area (Å²) >= 11 is 0. The molecule has 1 aromatic heterocycles. The van der Waals surface area contributed by atoms with Crippen molar-refractivity contribution >= 4 is 0 Å². The van der Waals surface area contributed by atoms with E-state index in [-0.39, 0.29) is 5.92 Å². The minimum Gasteiger partial charge on any atom is -0.464 e. The molecule has 0 aliphatic carbocycles. The van der Waals surface area contributed by atoms with Crippen molar-refractivity contribution < 1.29 is 9.84 Å². The van der Waals surface area contributed by atoms with Crippen LogP contribution in [0.25, 0.3) is 0 Å². The minimum absolute atomic E-state index is 0.150. The van der Waals surface area contributed by atoms with Crippen LogP contribution in [0.1, 0.15) is 17.0 Å². The normalized spacial score (nSPS) is 27.8. The fraction of sp³-hybridized carbons (Fsp3) is 0.353. The van der Waals surface area contributed by atoms with Gasteiger partial charge in [-0.15, -0.1) is 0 Å². The Kier molecular flexibility index (Phi) is 3.13. The number of benzene rings is 1. The molecule has 4 heteroatoms. The molecule has 1 fully saturated rings. The van der Waals surface area contributed by atoms with Crippen LogP contribution >= 0.6 is 0 Å². The summed E-state index contributed by atoms with van der Waals surface area (Å²) in [5, 5.41) is 10.2. The average molecular weight is 282 g/mol. The quantitative estimate of drug-likeness (QED) is 0.915. The van der Waals surface area contributed by atoms with E-state index in [1.54, 1.807) is 6.20 Å². The molecule has 3 heterocycles. The molecule has 3 unspecified atom stereocenters. The van der Waals surface area contributed by atoms with E-state index in [0.29, 0.717) is 5.92 Å². The number of aromatic nitrogens is 1. The summed E-state index contributed by atoms with van der Waals surface area (Å²) in [6.45, 7) is 2.68. The molecular formula is C17H18N2O2. The number of aliphatic hydroxyl groups excluding tert-OH is 1. The Bertz CT molecular complexity index is 632. The first kappa shape index (κ1) is 12.8. The predicted molar refractivity (Wildman–Crippen MR) is 78.8 cm³/mol. The molecule has 1 N–H and O–H groups in total. The molecule has 4 nitrogen and oxygen atoms in total. The van der Waals surface area contributed by atoms with E-state index >= 15 is 0 Å². The number of hydrogen-bond donors (Lipinski definition) is 1. The SMILES string of the molecule is OC1Oc2ccccc2C2CN(Cc3cccnc3)CC12. The van der Waals surface area contributed by atoms with E-state index in [4.69, 9.17) is 4.74 Å². The van der Waals surface area contributed by atoms with Crippen LogP contribution in [0.15, 0.2) is 48.8 Å². The van der Waals surface area contributed by atoms with Crippen molar-refractivity contribution in [1.29, 1.82) is 0 Å². The van der Waals surface area contributed by atoms with Gasteiger partial charge >= 0.3 is 0 Å². The van der Waals surface area contributed by atoms with Gasteiger partial charge in [0.1, 0.15) is 5.75 Å². The Morgan fingerprint density at radius 3 is 2.95 bits per heavy atom. The highest BCUT2D eigenvalue weighted by molar-refractivity contribution is 5.39. The van der Waals surface area contributed by atoms with Crippen LogP contribution in [0.3, 0.4) is 0 Å². The van der Waals surface area contributed by atoms with Crippen LogP contribution in [0.5, 0.6) is 5.75 Å². The van der Waals surface area contributed by atoms with Crippen molar-refractivity contribution in [3.05, 3.63) is 59.9 Å². The summed E-state index contributed by atoms with van der Waals surface area (Å²) in [5.41, 5.74) is 2.43. The average Bonchev–Trinajstić information content (AvgIpc) is 2.93. The number of rotatable bonds is 2. The molecule has 3 atom stereocenters. The van der Waals surface area contributed by atoms with Gasteiger partial charge < -0.3 is 9.84 Å². The third-order valence-electron chi connectivity index (χ3n) is 4.50. The van der Waals surface area contributed by atoms with E-state index < -0.39 is 6.29 Å². The van der Waals surface area contributed by atoms with Crippen molar-refractivity contribution in [3.8, 4) is 5.75 Å². The minimum atomic E-state index is -0.705. The van der Waals surface area contributed by atoms with Crippen LogP contribution in [0.2, 0.25) is 0 Å². The highest BCUT2D eigenvalue weighted by Gasteiger charge is 2.43. The third-order valence-corrected chi connectivity index (χ3v) is 4.50. The highest BCUT2D eigenvalue weighted by atomic mass is 16.6. The van der Waals surface area contributed by atoms with Crippen LogP contribution < -0.4 is 4.74 Å². The lowest BCUT2D eigenvalue weighted by Crippen LogP contribution is -2.35. The first-order valence-corrected chi connectivity index (χ1v) is 7.36. The van der Waals surface area contributed by atoms with E-state index in [1.165, 1.54) is 11.1 Å². The van der Waals surface area contributed by atoms with E-state index in [1.807, 2.05) is 30.5 Å². The van der Waals surface area contributed by atoms with Gasteiger partial charge in [-0.1, -0.05) is 24.3 Å². The summed E-state index contributed by atoms with van der Waals surface area (Å²) in [5.74, 6) is 1.33. The summed E-state index contributed by atoms with van der Waals surface area (Å²) in [7, 11) is 0. The molecule has 2 aliphatic rings. The molecule has 1 aromatic carbocycles. The molecule has 4 rings (SSSR count). The molecule has 0 bridgehead atoms. The van der Waals surface area contributed by atoms with Crippen LogP contribution in [-0.4, -0.2) is 34.4 Å². The Morgan fingerprint density at radius 2 is 2.10 bits per heavy atom. The van der Waals surface area contributed by atoms with Gasteiger partial charge in [-0.3, -0.25) is 9.88 Å². The number of hydrogen-bond acceptors (Lipinski definition) is 4. The monoisotopic (exact) mass is 282 g/mol. The van der Waals surface area contributed by atoms with Gasteiger partial charge in [-0.2, -0.15) is 0 Å². The van der Waals surface area contributed by atoms with Gasteiger partial charge in [0.25, 0.3) is 0 Å². The lowest BCUT2D eigenvalue weighted by molar-refractivity contribution is -0.0739. The van der Waals surface area contributed by atoms with Gasteiger partial charge in [0.15, 0.2) is 0 Å². The number of ether oxygens (including phenoxy) is 1. The van der Waals surface area contributed by atoms with Crippen LogP contribution in [0.4, 0.5) is 0 Å². The second kappa shape index (κ2) is 5.13. The fourth-order valence-electron chi connectivity index (χ4n) is 3.52. The molecule has 2 aliphatic heterocycles. The molecule has 1 saturated heterocycles. The molecule has 21 heavy (non-hydrogen) atoms. The van der Waals surface area contributed by atoms with Gasteiger partial charge in [0.2, 0.25) is 6.29 Å².